The van der Waals surface area contributed by atoms with Crippen LogP contribution in [0, 0.1) is 0 Å². The predicted molar refractivity (Wildman–Crippen MR) is 49.8 cm³/mol. The van der Waals surface area contributed by atoms with Crippen LogP contribution in [0.5, 0.6) is 0 Å². The fourth-order valence-corrected chi connectivity index (χ4v) is 4.04. The molecule has 0 aromatic heterocycles. The van der Waals surface area contributed by atoms with Gasteiger partial charge in [-0.25, -0.2) is 0 Å². The highest BCUT2D eigenvalue weighted by molar-refractivity contribution is 8.17. The van der Waals surface area contributed by atoms with Gasteiger partial charge < -0.3 is 4.74 Å². The van der Waals surface area contributed by atoms with Crippen molar-refractivity contribution in [3.8, 4) is 0 Å². The summed E-state index contributed by atoms with van der Waals surface area (Å²) in [5, 5.41) is 0.751. The summed E-state index contributed by atoms with van der Waals surface area (Å²) in [6.45, 7) is 3.20. The van der Waals surface area contributed by atoms with Crippen LogP contribution in [0.2, 0.25) is 0 Å². The summed E-state index contributed by atoms with van der Waals surface area (Å²) in [7, 11) is 1.78. The molecule has 3 heteroatoms. The monoisotopic (exact) mass is 178 g/mol. The largest absolute Gasteiger partial charge is 0.384 e. The van der Waals surface area contributed by atoms with Gasteiger partial charge in [0.2, 0.25) is 0 Å². The summed E-state index contributed by atoms with van der Waals surface area (Å²) in [6.07, 6.45) is 1.31. The number of hydrogen-bond acceptors (Lipinski definition) is 3. The Labute approximate surface area is 71.3 Å². The molecule has 0 aromatic rings. The zero-order valence-electron chi connectivity index (χ0n) is 6.50. The lowest BCUT2D eigenvalue weighted by Crippen LogP contribution is -2.18. The molecule has 1 heterocycles. The van der Waals surface area contributed by atoms with Crippen LogP contribution in [0.3, 0.4) is 0 Å². The number of methoxy groups -OCH3 is 1. The molecule has 1 saturated heterocycles. The summed E-state index contributed by atoms with van der Waals surface area (Å²) >= 11 is 4.10. The zero-order chi connectivity index (χ0) is 7.40. The van der Waals surface area contributed by atoms with E-state index in [9.17, 15) is 0 Å². The van der Waals surface area contributed by atoms with Crippen LogP contribution in [0.25, 0.3) is 0 Å². The van der Waals surface area contributed by atoms with Gasteiger partial charge in [-0.15, -0.1) is 23.5 Å². The van der Waals surface area contributed by atoms with E-state index in [1.165, 1.54) is 12.2 Å². The highest BCUT2D eigenvalue weighted by atomic mass is 32.2. The first kappa shape index (κ1) is 8.75. The van der Waals surface area contributed by atoms with Crippen molar-refractivity contribution < 1.29 is 4.74 Å². The fourth-order valence-electron chi connectivity index (χ4n) is 1.05. The molecular formula is C7H14OS2. The highest BCUT2D eigenvalue weighted by Crippen LogP contribution is 2.35. The third-order valence-corrected chi connectivity index (χ3v) is 4.35. The van der Waals surface area contributed by atoms with Crippen LogP contribution in [-0.4, -0.2) is 29.3 Å². The first-order valence-electron chi connectivity index (χ1n) is 3.59. The molecule has 0 radical (unpaired) electrons. The lowest BCUT2D eigenvalue weighted by atomic mass is 10.3. The average Bonchev–Trinajstić information content (AvgIpc) is 1.88. The molecule has 1 fully saturated rings. The SMILES string of the molecule is COCC1CCSC(C)S1. The molecule has 2 atom stereocenters. The minimum absolute atomic E-state index is 0.751. The van der Waals surface area contributed by atoms with Crippen LogP contribution in [0.15, 0.2) is 0 Å². The smallest absolute Gasteiger partial charge is 0.0581 e. The Balaban J connectivity index is 2.18. The Morgan fingerprint density at radius 1 is 1.60 bits per heavy atom. The summed E-state index contributed by atoms with van der Waals surface area (Å²) in [4.78, 5) is 0. The Bertz CT molecular complexity index is 95.6. The maximum absolute atomic E-state index is 5.10. The molecule has 1 aliphatic heterocycles. The summed E-state index contributed by atoms with van der Waals surface area (Å²) in [5.74, 6) is 1.31. The number of ether oxygens (including phenoxy) is 1. The van der Waals surface area contributed by atoms with Gasteiger partial charge in [-0.05, 0) is 19.1 Å². The molecule has 0 bridgehead atoms. The Morgan fingerprint density at radius 2 is 2.40 bits per heavy atom. The quantitative estimate of drug-likeness (QED) is 0.641. The van der Waals surface area contributed by atoms with E-state index in [4.69, 9.17) is 4.74 Å². The third kappa shape index (κ3) is 2.72. The Kier molecular flexibility index (Phi) is 3.96. The number of rotatable bonds is 2. The average molecular weight is 178 g/mol. The van der Waals surface area contributed by atoms with Crippen molar-refractivity contribution in [3.05, 3.63) is 0 Å². The van der Waals surface area contributed by atoms with Crippen molar-refractivity contribution >= 4 is 23.5 Å². The standard InChI is InChI=1S/C7H14OS2/c1-6-9-4-3-7(10-6)5-8-2/h6-7H,3-5H2,1-2H3. The molecule has 0 aromatic carbocycles. The molecule has 0 spiro atoms. The van der Waals surface area contributed by atoms with E-state index < -0.39 is 0 Å². The van der Waals surface area contributed by atoms with Gasteiger partial charge in [-0.2, -0.15) is 0 Å². The Morgan fingerprint density at radius 3 is 3.00 bits per heavy atom. The second-order valence-electron chi connectivity index (χ2n) is 2.44. The van der Waals surface area contributed by atoms with Gasteiger partial charge >= 0.3 is 0 Å². The van der Waals surface area contributed by atoms with Crippen molar-refractivity contribution in [2.45, 2.75) is 23.2 Å². The number of hydrogen-bond donors (Lipinski definition) is 0. The molecule has 1 aliphatic rings. The molecule has 1 rings (SSSR count). The second-order valence-corrected chi connectivity index (χ2v) is 5.83. The van der Waals surface area contributed by atoms with Gasteiger partial charge in [0.15, 0.2) is 0 Å². The van der Waals surface area contributed by atoms with E-state index in [0.29, 0.717) is 0 Å². The lowest BCUT2D eigenvalue weighted by molar-refractivity contribution is 0.198. The van der Waals surface area contributed by atoms with Crippen molar-refractivity contribution in [3.63, 3.8) is 0 Å². The molecule has 0 saturated carbocycles. The van der Waals surface area contributed by atoms with Gasteiger partial charge in [-0.1, -0.05) is 0 Å². The number of thioether (sulfide) groups is 2. The van der Waals surface area contributed by atoms with E-state index >= 15 is 0 Å². The molecule has 60 valence electrons. The van der Waals surface area contributed by atoms with Crippen LogP contribution >= 0.6 is 23.5 Å². The van der Waals surface area contributed by atoms with Gasteiger partial charge in [0.25, 0.3) is 0 Å². The topological polar surface area (TPSA) is 9.23 Å². The molecule has 2 unspecified atom stereocenters. The van der Waals surface area contributed by atoms with E-state index in [0.717, 1.165) is 16.4 Å². The van der Waals surface area contributed by atoms with Crippen LogP contribution < -0.4 is 0 Å². The summed E-state index contributed by atoms with van der Waals surface area (Å²) < 4.78 is 5.87. The van der Waals surface area contributed by atoms with E-state index in [-0.39, 0.29) is 0 Å². The summed E-state index contributed by atoms with van der Waals surface area (Å²) in [6, 6.07) is 0. The van der Waals surface area contributed by atoms with E-state index in [2.05, 4.69) is 18.7 Å². The molecule has 1 nitrogen and oxygen atoms in total. The van der Waals surface area contributed by atoms with Crippen molar-refractivity contribution in [1.82, 2.24) is 0 Å². The zero-order valence-corrected chi connectivity index (χ0v) is 8.13. The lowest BCUT2D eigenvalue weighted by Gasteiger charge is -2.24. The van der Waals surface area contributed by atoms with Crippen molar-refractivity contribution in [2.75, 3.05) is 19.5 Å². The maximum Gasteiger partial charge on any atom is 0.0581 e. The predicted octanol–water partition coefficient (Wildman–Crippen LogP) is 2.22. The highest BCUT2D eigenvalue weighted by Gasteiger charge is 2.18. The van der Waals surface area contributed by atoms with Gasteiger partial charge in [0.1, 0.15) is 0 Å². The fraction of sp³-hybridized carbons (Fsp3) is 1.00. The van der Waals surface area contributed by atoms with Gasteiger partial charge in [-0.3, -0.25) is 0 Å². The van der Waals surface area contributed by atoms with Gasteiger partial charge in [0.05, 0.1) is 6.61 Å². The molecule has 10 heavy (non-hydrogen) atoms. The van der Waals surface area contributed by atoms with Crippen molar-refractivity contribution in [1.29, 1.82) is 0 Å². The van der Waals surface area contributed by atoms with Crippen molar-refractivity contribution in [2.24, 2.45) is 0 Å². The van der Waals surface area contributed by atoms with Crippen LogP contribution in [-0.2, 0) is 4.74 Å². The molecule has 0 aliphatic carbocycles. The van der Waals surface area contributed by atoms with E-state index in [1.54, 1.807) is 7.11 Å². The molecule has 0 amide bonds. The second kappa shape index (κ2) is 4.52. The first-order valence-corrected chi connectivity index (χ1v) is 5.58. The van der Waals surface area contributed by atoms with Gasteiger partial charge in [0, 0.05) is 16.9 Å². The van der Waals surface area contributed by atoms with E-state index in [1.807, 2.05) is 11.8 Å². The maximum atomic E-state index is 5.10. The summed E-state index contributed by atoms with van der Waals surface area (Å²) in [5.41, 5.74) is 0. The van der Waals surface area contributed by atoms with Crippen LogP contribution in [0.1, 0.15) is 13.3 Å². The minimum Gasteiger partial charge on any atom is -0.384 e. The molecule has 0 N–H and O–H groups in total. The normalized spacial score (nSPS) is 34.2. The Hall–Kier alpha value is 0.660. The minimum atomic E-state index is 0.751. The first-order chi connectivity index (χ1) is 4.83. The molecular weight excluding hydrogens is 164 g/mol. The van der Waals surface area contributed by atoms with Crippen LogP contribution in [0.4, 0.5) is 0 Å². The third-order valence-electron chi connectivity index (χ3n) is 1.53.